The van der Waals surface area contributed by atoms with Crippen LogP contribution in [0, 0.1) is 5.41 Å². The van der Waals surface area contributed by atoms with E-state index in [1.54, 1.807) is 13.8 Å². The number of aliphatic hydroxyl groups is 1. The van der Waals surface area contributed by atoms with Gasteiger partial charge in [0.25, 0.3) is 0 Å². The largest absolute Gasteiger partial charge is 0.434 e. The molecule has 0 aromatic carbocycles. The van der Waals surface area contributed by atoms with Gasteiger partial charge >= 0.3 is 5.97 Å². The van der Waals surface area contributed by atoms with E-state index in [0.29, 0.717) is 39.1 Å². The van der Waals surface area contributed by atoms with Crippen molar-refractivity contribution in [2.45, 2.75) is 46.3 Å². The zero-order valence-corrected chi connectivity index (χ0v) is 16.7. The molecular weight excluding hydrogens is 352 g/mol. The number of ether oxygens (including phenoxy) is 1. The van der Waals surface area contributed by atoms with Crippen LogP contribution in [-0.4, -0.2) is 79.9 Å². The summed E-state index contributed by atoms with van der Waals surface area (Å²) >= 11 is 0. The Bertz CT molecular complexity index is 498. The Morgan fingerprint density at radius 1 is 1.15 bits per heavy atom. The van der Waals surface area contributed by atoms with Crippen molar-refractivity contribution in [3.05, 3.63) is 0 Å². The number of hydrogen-bond acceptors (Lipinski definition) is 7. The third-order valence-electron chi connectivity index (χ3n) is 4.62. The first kappa shape index (κ1) is 23.3. The van der Waals surface area contributed by atoms with E-state index < -0.39 is 17.7 Å². The number of nitrogens with one attached hydrogen (secondary N) is 3. The maximum atomic E-state index is 12.1. The number of amides is 2. The standard InChI is InChI=1S/C18H34N4O5/c1-4-18(2,3)17(26)27-16(25)13-22-10-5-6-19-7-8-20-14(23)12-15(24)21-9-11-22/h16,19,25H,4-13H2,1-3H3,(H,20,23)(H,21,24). The van der Waals surface area contributed by atoms with Gasteiger partial charge in [0.15, 0.2) is 0 Å². The van der Waals surface area contributed by atoms with Crippen molar-refractivity contribution in [1.29, 1.82) is 0 Å². The molecule has 1 fully saturated rings. The van der Waals surface area contributed by atoms with E-state index in [-0.39, 0.29) is 24.8 Å². The van der Waals surface area contributed by atoms with Crippen LogP contribution < -0.4 is 16.0 Å². The smallest absolute Gasteiger partial charge is 0.313 e. The lowest BCUT2D eigenvalue weighted by Crippen LogP contribution is -2.43. The highest BCUT2D eigenvalue weighted by Gasteiger charge is 2.29. The lowest BCUT2D eigenvalue weighted by atomic mass is 9.91. The Morgan fingerprint density at radius 2 is 1.81 bits per heavy atom. The van der Waals surface area contributed by atoms with Crippen LogP contribution in [0.3, 0.4) is 0 Å². The van der Waals surface area contributed by atoms with Gasteiger partial charge in [-0.2, -0.15) is 0 Å². The van der Waals surface area contributed by atoms with Crippen LogP contribution in [0.1, 0.15) is 40.0 Å². The quantitative estimate of drug-likeness (QED) is 0.277. The number of aliphatic hydroxyl groups excluding tert-OH is 1. The van der Waals surface area contributed by atoms with E-state index in [1.807, 2.05) is 11.8 Å². The Hall–Kier alpha value is -1.71. The molecule has 1 aliphatic rings. The minimum atomic E-state index is -1.23. The van der Waals surface area contributed by atoms with Gasteiger partial charge in [-0.3, -0.25) is 19.3 Å². The van der Waals surface area contributed by atoms with Gasteiger partial charge in [0, 0.05) is 26.2 Å². The van der Waals surface area contributed by atoms with Crippen LogP contribution in [0.4, 0.5) is 0 Å². The molecule has 27 heavy (non-hydrogen) atoms. The van der Waals surface area contributed by atoms with Crippen LogP contribution in [0.5, 0.6) is 0 Å². The molecule has 4 N–H and O–H groups in total. The molecule has 9 heteroatoms. The SMILES string of the molecule is CCC(C)(C)C(=O)OC(O)CN1CCCNCCNC(=O)CC(=O)NCC1. The first-order valence-electron chi connectivity index (χ1n) is 9.60. The average Bonchev–Trinajstić information content (AvgIpc) is 2.59. The molecule has 1 aliphatic heterocycles. The van der Waals surface area contributed by atoms with Crippen LogP contribution in [0.15, 0.2) is 0 Å². The summed E-state index contributed by atoms with van der Waals surface area (Å²) in [6, 6.07) is 0. The van der Waals surface area contributed by atoms with E-state index in [4.69, 9.17) is 4.74 Å². The zero-order chi connectivity index (χ0) is 20.3. The lowest BCUT2D eigenvalue weighted by Gasteiger charge is -2.27. The molecule has 0 aromatic rings. The normalized spacial score (nSPS) is 20.1. The number of esters is 1. The topological polar surface area (TPSA) is 120 Å². The van der Waals surface area contributed by atoms with Gasteiger partial charge in [0.2, 0.25) is 18.1 Å². The summed E-state index contributed by atoms with van der Waals surface area (Å²) in [6.07, 6.45) is 0.0137. The van der Waals surface area contributed by atoms with E-state index in [2.05, 4.69) is 16.0 Å². The van der Waals surface area contributed by atoms with E-state index >= 15 is 0 Å². The number of carbonyl (C=O) groups excluding carboxylic acids is 3. The molecule has 0 radical (unpaired) electrons. The van der Waals surface area contributed by atoms with Gasteiger partial charge < -0.3 is 25.8 Å². The second kappa shape index (κ2) is 11.9. The Kier molecular flexibility index (Phi) is 10.3. The minimum Gasteiger partial charge on any atom is -0.434 e. The van der Waals surface area contributed by atoms with Gasteiger partial charge in [0.05, 0.1) is 12.0 Å². The van der Waals surface area contributed by atoms with Crippen LogP contribution in [-0.2, 0) is 19.1 Å². The maximum Gasteiger partial charge on any atom is 0.313 e. The second-order valence-electron chi connectivity index (χ2n) is 7.38. The Morgan fingerprint density at radius 3 is 2.48 bits per heavy atom. The van der Waals surface area contributed by atoms with E-state index in [1.165, 1.54) is 0 Å². The molecule has 9 nitrogen and oxygen atoms in total. The highest BCUT2D eigenvalue weighted by atomic mass is 16.6. The Labute approximate surface area is 161 Å². The van der Waals surface area contributed by atoms with E-state index in [9.17, 15) is 19.5 Å². The molecule has 1 saturated heterocycles. The molecule has 0 aromatic heterocycles. The molecule has 1 unspecified atom stereocenters. The van der Waals surface area contributed by atoms with Crippen molar-refractivity contribution >= 4 is 17.8 Å². The number of carbonyl (C=O) groups is 3. The first-order valence-corrected chi connectivity index (χ1v) is 9.60. The fourth-order valence-electron chi connectivity index (χ4n) is 2.45. The van der Waals surface area contributed by atoms with Gasteiger partial charge in [-0.05, 0) is 39.8 Å². The summed E-state index contributed by atoms with van der Waals surface area (Å²) in [5.41, 5.74) is -0.641. The van der Waals surface area contributed by atoms with Gasteiger partial charge in [-0.15, -0.1) is 0 Å². The van der Waals surface area contributed by atoms with Crippen molar-refractivity contribution in [2.24, 2.45) is 5.41 Å². The highest BCUT2D eigenvalue weighted by molar-refractivity contribution is 5.96. The summed E-state index contributed by atoms with van der Waals surface area (Å²) in [4.78, 5) is 37.4. The molecule has 1 rings (SSSR count). The average molecular weight is 386 g/mol. The van der Waals surface area contributed by atoms with Crippen molar-refractivity contribution in [1.82, 2.24) is 20.9 Å². The Balaban J connectivity index is 2.55. The van der Waals surface area contributed by atoms with Crippen molar-refractivity contribution in [3.8, 4) is 0 Å². The highest BCUT2D eigenvalue weighted by Crippen LogP contribution is 2.22. The molecule has 0 saturated carbocycles. The first-order chi connectivity index (χ1) is 12.7. The van der Waals surface area contributed by atoms with Crippen molar-refractivity contribution in [3.63, 3.8) is 0 Å². The predicted octanol–water partition coefficient (Wildman–Crippen LogP) is -0.798. The predicted molar refractivity (Wildman–Crippen MR) is 101 cm³/mol. The van der Waals surface area contributed by atoms with Gasteiger partial charge in [0.1, 0.15) is 6.42 Å². The van der Waals surface area contributed by atoms with Gasteiger partial charge in [-0.1, -0.05) is 6.92 Å². The molecule has 0 spiro atoms. The second-order valence-corrected chi connectivity index (χ2v) is 7.38. The molecule has 156 valence electrons. The lowest BCUT2D eigenvalue weighted by molar-refractivity contribution is -0.181. The third kappa shape index (κ3) is 9.69. The zero-order valence-electron chi connectivity index (χ0n) is 16.7. The van der Waals surface area contributed by atoms with Gasteiger partial charge in [-0.25, -0.2) is 0 Å². The van der Waals surface area contributed by atoms with Crippen molar-refractivity contribution in [2.75, 3.05) is 45.8 Å². The van der Waals surface area contributed by atoms with Crippen LogP contribution >= 0.6 is 0 Å². The summed E-state index contributed by atoms with van der Waals surface area (Å²) in [6.45, 7) is 8.99. The summed E-state index contributed by atoms with van der Waals surface area (Å²) in [5.74, 6) is -1.07. The minimum absolute atomic E-state index is 0.169. The molecule has 2 amide bonds. The van der Waals surface area contributed by atoms with Crippen molar-refractivity contribution < 1.29 is 24.2 Å². The van der Waals surface area contributed by atoms with Crippen LogP contribution in [0.25, 0.3) is 0 Å². The number of rotatable bonds is 5. The molecular formula is C18H34N4O5. The number of nitrogens with zero attached hydrogens (tertiary/aromatic N) is 1. The maximum absolute atomic E-state index is 12.1. The summed E-state index contributed by atoms with van der Waals surface area (Å²) < 4.78 is 5.17. The van der Waals surface area contributed by atoms with Crippen LogP contribution in [0.2, 0.25) is 0 Å². The molecule has 1 heterocycles. The monoisotopic (exact) mass is 386 g/mol. The summed E-state index contributed by atoms with van der Waals surface area (Å²) in [5, 5.41) is 18.7. The third-order valence-corrected chi connectivity index (χ3v) is 4.62. The van der Waals surface area contributed by atoms with E-state index in [0.717, 1.165) is 13.0 Å². The fraction of sp³-hybridized carbons (Fsp3) is 0.833. The molecule has 1 atom stereocenters. The summed E-state index contributed by atoms with van der Waals surface area (Å²) in [7, 11) is 0. The fourth-order valence-corrected chi connectivity index (χ4v) is 2.45. The molecule has 0 bridgehead atoms. The molecule has 0 aliphatic carbocycles. The number of β-amino-alcohol motifs (C(OH)–C–C–N with tert-alkyl or cyclic N) is 1. The number of hydrogen-bond donors (Lipinski definition) is 4.